The molecule has 0 bridgehead atoms. The molecule has 1 atom stereocenters. The number of nitrogens with zero attached hydrogens (tertiary/aromatic N) is 5. The van der Waals surface area contributed by atoms with Gasteiger partial charge in [0.05, 0.1) is 0 Å². The zero-order valence-corrected chi connectivity index (χ0v) is 11.8. The Hall–Kier alpha value is -1.67. The zero-order valence-electron chi connectivity index (χ0n) is 10.9. The zero-order chi connectivity index (χ0) is 13.7. The Kier molecular flexibility index (Phi) is 4.69. The van der Waals surface area contributed by atoms with E-state index in [0.29, 0.717) is 23.0 Å². The average Bonchev–Trinajstić information content (AvgIpc) is 2.98. The molecule has 102 valence electrons. The van der Waals surface area contributed by atoms with Crippen molar-refractivity contribution in [2.45, 2.75) is 25.4 Å². The van der Waals surface area contributed by atoms with E-state index in [4.69, 9.17) is 5.84 Å². The highest BCUT2D eigenvalue weighted by atomic mass is 32.2. The second kappa shape index (κ2) is 6.48. The van der Waals surface area contributed by atoms with Crippen molar-refractivity contribution in [1.82, 2.24) is 24.7 Å². The number of thioether (sulfide) groups is 1. The summed E-state index contributed by atoms with van der Waals surface area (Å²) in [6, 6.07) is 1.81. The molecule has 1 unspecified atom stereocenters. The number of hydrogen-bond donors (Lipinski definition) is 2. The van der Waals surface area contributed by atoms with Crippen LogP contribution in [0.5, 0.6) is 0 Å². The topological polar surface area (TPSA) is 94.5 Å². The molecule has 0 radical (unpaired) electrons. The third-order valence-corrected chi connectivity index (χ3v) is 3.81. The highest BCUT2D eigenvalue weighted by Gasteiger charge is 2.09. The third-order valence-electron chi connectivity index (χ3n) is 2.64. The van der Waals surface area contributed by atoms with Crippen molar-refractivity contribution in [1.29, 1.82) is 0 Å². The van der Waals surface area contributed by atoms with Crippen LogP contribution in [0, 0.1) is 5.92 Å². The first-order chi connectivity index (χ1) is 9.22. The Balaban J connectivity index is 2.21. The normalized spacial score (nSPS) is 12.4. The summed E-state index contributed by atoms with van der Waals surface area (Å²) < 4.78 is 1.58. The van der Waals surface area contributed by atoms with E-state index in [1.807, 2.05) is 6.07 Å². The van der Waals surface area contributed by atoms with Gasteiger partial charge in [-0.2, -0.15) is 20.1 Å². The number of rotatable bonds is 6. The number of nitrogen functional groups attached to an aromatic ring is 1. The molecule has 2 heterocycles. The van der Waals surface area contributed by atoms with E-state index in [1.54, 1.807) is 28.8 Å². The van der Waals surface area contributed by atoms with Gasteiger partial charge in [-0.3, -0.25) is 5.43 Å². The standard InChI is InChI=1S/C11H17N7S/c1-3-8(2)7-19-11-15-9(17-12)14-10(16-11)18-6-4-5-13-18/h4-6,8H,3,7,12H2,1-2H3,(H,14,15,16,17). The highest BCUT2D eigenvalue weighted by Crippen LogP contribution is 2.19. The molecule has 2 aromatic rings. The van der Waals surface area contributed by atoms with Gasteiger partial charge in [0.25, 0.3) is 5.95 Å². The van der Waals surface area contributed by atoms with Gasteiger partial charge < -0.3 is 0 Å². The lowest BCUT2D eigenvalue weighted by molar-refractivity contribution is 0.635. The van der Waals surface area contributed by atoms with Gasteiger partial charge in [-0.25, -0.2) is 10.5 Å². The van der Waals surface area contributed by atoms with Crippen molar-refractivity contribution < 1.29 is 0 Å². The van der Waals surface area contributed by atoms with E-state index in [-0.39, 0.29) is 0 Å². The lowest BCUT2D eigenvalue weighted by Gasteiger charge is -2.08. The van der Waals surface area contributed by atoms with Gasteiger partial charge in [0.1, 0.15) is 0 Å². The van der Waals surface area contributed by atoms with Crippen LogP contribution in [-0.2, 0) is 0 Å². The predicted octanol–water partition coefficient (Wildman–Crippen LogP) is 1.48. The van der Waals surface area contributed by atoms with Crippen LogP contribution in [0.4, 0.5) is 5.95 Å². The lowest BCUT2D eigenvalue weighted by atomic mass is 10.2. The maximum atomic E-state index is 5.38. The van der Waals surface area contributed by atoms with E-state index < -0.39 is 0 Å². The maximum absolute atomic E-state index is 5.38. The average molecular weight is 279 g/mol. The molecule has 7 nitrogen and oxygen atoms in total. The number of nitrogens with one attached hydrogen (secondary N) is 1. The quantitative estimate of drug-likeness (QED) is 0.470. The van der Waals surface area contributed by atoms with Gasteiger partial charge in [0.15, 0.2) is 5.16 Å². The molecule has 0 aliphatic heterocycles. The van der Waals surface area contributed by atoms with Gasteiger partial charge in [0, 0.05) is 18.1 Å². The number of aromatic nitrogens is 5. The Morgan fingerprint density at radius 3 is 2.89 bits per heavy atom. The summed E-state index contributed by atoms with van der Waals surface area (Å²) in [5, 5.41) is 4.75. The minimum absolute atomic E-state index is 0.340. The number of nitrogens with two attached hydrogens (primary N) is 1. The van der Waals surface area contributed by atoms with E-state index >= 15 is 0 Å². The minimum Gasteiger partial charge on any atom is -0.292 e. The van der Waals surface area contributed by atoms with Crippen LogP contribution in [-0.4, -0.2) is 30.5 Å². The van der Waals surface area contributed by atoms with Crippen LogP contribution < -0.4 is 11.3 Å². The van der Waals surface area contributed by atoms with Crippen molar-refractivity contribution in [3.05, 3.63) is 18.5 Å². The van der Waals surface area contributed by atoms with E-state index in [2.05, 4.69) is 39.3 Å². The Morgan fingerprint density at radius 2 is 2.26 bits per heavy atom. The highest BCUT2D eigenvalue weighted by molar-refractivity contribution is 7.99. The molecule has 0 amide bonds. The molecule has 2 aromatic heterocycles. The number of hydrogen-bond acceptors (Lipinski definition) is 7. The number of anilines is 1. The van der Waals surface area contributed by atoms with Gasteiger partial charge in [0.2, 0.25) is 5.95 Å². The molecule has 0 spiro atoms. The molecule has 3 N–H and O–H groups in total. The largest absolute Gasteiger partial charge is 0.292 e. The molecule has 8 heteroatoms. The van der Waals surface area contributed by atoms with Crippen molar-refractivity contribution in [2.75, 3.05) is 11.2 Å². The van der Waals surface area contributed by atoms with Crippen LogP contribution in [0.25, 0.3) is 5.95 Å². The van der Waals surface area contributed by atoms with Crippen LogP contribution in [0.2, 0.25) is 0 Å². The second-order valence-corrected chi connectivity index (χ2v) is 5.15. The molecule has 0 saturated heterocycles. The molecule has 19 heavy (non-hydrogen) atoms. The SMILES string of the molecule is CCC(C)CSc1nc(NN)nc(-n2cccn2)n1. The minimum atomic E-state index is 0.340. The van der Waals surface area contributed by atoms with Crippen LogP contribution in [0.15, 0.2) is 23.6 Å². The summed E-state index contributed by atoms with van der Waals surface area (Å²) in [6.07, 6.45) is 4.58. The van der Waals surface area contributed by atoms with Crippen LogP contribution in [0.1, 0.15) is 20.3 Å². The molecule has 0 saturated carbocycles. The van der Waals surface area contributed by atoms with E-state index in [1.165, 1.54) is 0 Å². The molecule has 0 aliphatic carbocycles. The van der Waals surface area contributed by atoms with Crippen molar-refractivity contribution >= 4 is 17.7 Å². The Morgan fingerprint density at radius 1 is 1.42 bits per heavy atom. The molecular formula is C11H17N7S. The Bertz CT molecular complexity index is 514. The van der Waals surface area contributed by atoms with E-state index in [0.717, 1.165) is 12.2 Å². The van der Waals surface area contributed by atoms with Gasteiger partial charge in [-0.05, 0) is 12.0 Å². The first kappa shape index (κ1) is 13.8. The smallest absolute Gasteiger partial charge is 0.256 e. The van der Waals surface area contributed by atoms with Crippen molar-refractivity contribution in [3.63, 3.8) is 0 Å². The summed E-state index contributed by atoms with van der Waals surface area (Å²) in [6.45, 7) is 4.37. The first-order valence-electron chi connectivity index (χ1n) is 6.08. The van der Waals surface area contributed by atoms with Gasteiger partial charge in [-0.1, -0.05) is 32.0 Å². The van der Waals surface area contributed by atoms with Crippen molar-refractivity contribution in [2.24, 2.45) is 11.8 Å². The molecule has 0 aliphatic rings. The number of hydrazine groups is 1. The second-order valence-electron chi connectivity index (χ2n) is 4.16. The molecule has 0 aromatic carbocycles. The maximum Gasteiger partial charge on any atom is 0.256 e. The summed E-state index contributed by atoms with van der Waals surface area (Å²) in [7, 11) is 0. The van der Waals surface area contributed by atoms with Crippen LogP contribution in [0.3, 0.4) is 0 Å². The summed E-state index contributed by atoms with van der Waals surface area (Å²) in [4.78, 5) is 12.8. The van der Waals surface area contributed by atoms with Crippen molar-refractivity contribution in [3.8, 4) is 5.95 Å². The fourth-order valence-electron chi connectivity index (χ4n) is 1.30. The summed E-state index contributed by atoms with van der Waals surface area (Å²) in [5.74, 6) is 7.76. The fourth-order valence-corrected chi connectivity index (χ4v) is 2.27. The monoisotopic (exact) mass is 279 g/mol. The summed E-state index contributed by atoms with van der Waals surface area (Å²) in [5.41, 5.74) is 2.45. The molecule has 2 rings (SSSR count). The predicted molar refractivity (Wildman–Crippen MR) is 74.9 cm³/mol. The molecule has 0 fully saturated rings. The Labute approximate surface area is 116 Å². The molecular weight excluding hydrogens is 262 g/mol. The van der Waals surface area contributed by atoms with E-state index in [9.17, 15) is 0 Å². The van der Waals surface area contributed by atoms with Gasteiger partial charge >= 0.3 is 0 Å². The lowest BCUT2D eigenvalue weighted by Crippen LogP contribution is -2.14. The fraction of sp³-hybridized carbons (Fsp3) is 0.455. The summed E-state index contributed by atoms with van der Waals surface area (Å²) >= 11 is 1.60. The van der Waals surface area contributed by atoms with Gasteiger partial charge in [-0.15, -0.1) is 0 Å². The van der Waals surface area contributed by atoms with Crippen LogP contribution >= 0.6 is 11.8 Å². The first-order valence-corrected chi connectivity index (χ1v) is 7.07. The third kappa shape index (κ3) is 3.65.